The van der Waals surface area contributed by atoms with Gasteiger partial charge in [-0.2, -0.15) is 0 Å². The van der Waals surface area contributed by atoms with Crippen LogP contribution < -0.4 is 5.32 Å². The van der Waals surface area contributed by atoms with Crippen LogP contribution in [0.3, 0.4) is 0 Å². The second kappa shape index (κ2) is 5.07. The van der Waals surface area contributed by atoms with Crippen LogP contribution in [0.2, 0.25) is 0 Å². The van der Waals surface area contributed by atoms with Gasteiger partial charge in [0.25, 0.3) is 0 Å². The second-order valence-electron chi connectivity index (χ2n) is 6.05. The lowest BCUT2D eigenvalue weighted by Gasteiger charge is -2.40. The number of carbonyl (C=O) groups excluding carboxylic acids is 2. The highest BCUT2D eigenvalue weighted by atomic mass is 16.2. The van der Waals surface area contributed by atoms with Crippen LogP contribution in [-0.4, -0.2) is 35.3 Å². The monoisotopic (exact) mass is 240 g/mol. The number of amides is 2. The molecule has 0 aromatic rings. The van der Waals surface area contributed by atoms with Crippen molar-refractivity contribution in [2.24, 2.45) is 5.41 Å². The Morgan fingerprint density at radius 2 is 1.88 bits per heavy atom. The first-order chi connectivity index (χ1) is 7.76. The average Bonchev–Trinajstić information content (AvgIpc) is 2.20. The van der Waals surface area contributed by atoms with Gasteiger partial charge in [-0.15, -0.1) is 0 Å². The highest BCUT2D eigenvalue weighted by Crippen LogP contribution is 2.21. The Hall–Kier alpha value is -1.06. The maximum absolute atomic E-state index is 12.3. The summed E-state index contributed by atoms with van der Waals surface area (Å²) in [5.74, 6) is 0.0289. The maximum atomic E-state index is 12.3. The van der Waals surface area contributed by atoms with Gasteiger partial charge in [0.15, 0.2) is 0 Å². The van der Waals surface area contributed by atoms with Gasteiger partial charge < -0.3 is 10.2 Å². The predicted octanol–water partition coefficient (Wildman–Crippen LogP) is 1.55. The lowest BCUT2D eigenvalue weighted by molar-refractivity contribution is -0.150. The van der Waals surface area contributed by atoms with E-state index < -0.39 is 0 Å². The molecule has 1 aliphatic heterocycles. The Balaban J connectivity index is 2.84. The summed E-state index contributed by atoms with van der Waals surface area (Å²) in [5.41, 5.74) is 0.0122. The van der Waals surface area contributed by atoms with Gasteiger partial charge in [0.1, 0.15) is 12.1 Å². The molecule has 0 spiro atoms. The van der Waals surface area contributed by atoms with E-state index in [2.05, 4.69) is 26.1 Å². The fraction of sp³-hybridized carbons (Fsp3) is 0.846. The summed E-state index contributed by atoms with van der Waals surface area (Å²) in [5, 5.41) is 2.80. The van der Waals surface area contributed by atoms with Crippen molar-refractivity contribution in [1.29, 1.82) is 0 Å². The van der Waals surface area contributed by atoms with E-state index in [1.54, 1.807) is 11.8 Å². The third-order valence-corrected chi connectivity index (χ3v) is 2.97. The smallest absolute Gasteiger partial charge is 0.245 e. The van der Waals surface area contributed by atoms with Crippen molar-refractivity contribution in [1.82, 2.24) is 10.2 Å². The van der Waals surface area contributed by atoms with Crippen LogP contribution in [-0.2, 0) is 9.59 Å². The summed E-state index contributed by atoms with van der Waals surface area (Å²) in [6, 6.07) is -0.680. The van der Waals surface area contributed by atoms with Crippen LogP contribution >= 0.6 is 0 Å². The van der Waals surface area contributed by atoms with Crippen molar-refractivity contribution in [2.75, 3.05) is 6.54 Å². The highest BCUT2D eigenvalue weighted by molar-refractivity contribution is 5.96. The third-order valence-electron chi connectivity index (χ3n) is 2.97. The number of rotatable bonds is 3. The normalized spacial score (nSPS) is 26.1. The minimum absolute atomic E-state index is 0.0122. The molecule has 0 aliphatic carbocycles. The summed E-state index contributed by atoms with van der Waals surface area (Å²) in [6.07, 6.45) is 1.62. The third kappa shape index (κ3) is 3.45. The van der Waals surface area contributed by atoms with E-state index in [9.17, 15) is 9.59 Å². The van der Waals surface area contributed by atoms with Crippen molar-refractivity contribution < 1.29 is 9.59 Å². The molecule has 2 atom stereocenters. The number of piperazine rings is 1. The maximum Gasteiger partial charge on any atom is 0.245 e. The van der Waals surface area contributed by atoms with Gasteiger partial charge in [-0.05, 0) is 18.8 Å². The molecular weight excluding hydrogens is 216 g/mol. The molecule has 4 nitrogen and oxygen atoms in total. The first-order valence-electron chi connectivity index (χ1n) is 6.37. The molecule has 1 fully saturated rings. The summed E-state index contributed by atoms with van der Waals surface area (Å²) in [7, 11) is 0. The fourth-order valence-corrected chi connectivity index (χ4v) is 2.10. The van der Waals surface area contributed by atoms with Gasteiger partial charge in [-0.3, -0.25) is 9.59 Å². The van der Waals surface area contributed by atoms with Crippen LogP contribution in [0.15, 0.2) is 0 Å². The van der Waals surface area contributed by atoms with Crippen molar-refractivity contribution in [3.05, 3.63) is 0 Å². The molecule has 1 saturated heterocycles. The number of nitrogens with one attached hydrogen (secondary N) is 1. The van der Waals surface area contributed by atoms with E-state index in [-0.39, 0.29) is 29.3 Å². The molecule has 0 saturated carbocycles. The van der Waals surface area contributed by atoms with Crippen LogP contribution in [0, 0.1) is 5.41 Å². The lowest BCUT2D eigenvalue weighted by Crippen LogP contribution is -2.63. The van der Waals surface area contributed by atoms with Gasteiger partial charge in [-0.25, -0.2) is 0 Å². The zero-order valence-corrected chi connectivity index (χ0v) is 11.5. The first-order valence-corrected chi connectivity index (χ1v) is 6.37. The Morgan fingerprint density at radius 3 is 2.35 bits per heavy atom. The van der Waals surface area contributed by atoms with Gasteiger partial charge in [0.2, 0.25) is 11.8 Å². The minimum Gasteiger partial charge on any atom is -0.343 e. The Kier molecular flexibility index (Phi) is 4.17. The van der Waals surface area contributed by atoms with E-state index in [0.717, 1.165) is 12.8 Å². The zero-order valence-electron chi connectivity index (χ0n) is 11.5. The van der Waals surface area contributed by atoms with E-state index in [4.69, 9.17) is 0 Å². The summed E-state index contributed by atoms with van der Waals surface area (Å²) < 4.78 is 0. The molecule has 2 amide bonds. The SMILES string of the molecule is CCCC1NC(=O)C(C)N(CC(C)(C)C)C1=O. The van der Waals surface area contributed by atoms with Crippen molar-refractivity contribution in [3.63, 3.8) is 0 Å². The second-order valence-corrected chi connectivity index (χ2v) is 6.05. The highest BCUT2D eigenvalue weighted by Gasteiger charge is 2.38. The molecule has 1 rings (SSSR count). The molecule has 1 aliphatic rings. The molecule has 1 heterocycles. The summed E-state index contributed by atoms with van der Waals surface area (Å²) in [6.45, 7) is 10.7. The number of nitrogens with zero attached hydrogens (tertiary/aromatic N) is 1. The topological polar surface area (TPSA) is 49.4 Å². The Labute approximate surface area is 104 Å². The minimum atomic E-state index is -0.352. The molecule has 4 heteroatoms. The molecule has 1 N–H and O–H groups in total. The van der Waals surface area contributed by atoms with Crippen LogP contribution in [0.1, 0.15) is 47.5 Å². The molecule has 98 valence electrons. The van der Waals surface area contributed by atoms with Gasteiger partial charge in [-0.1, -0.05) is 34.1 Å². The van der Waals surface area contributed by atoms with Crippen LogP contribution in [0.5, 0.6) is 0 Å². The molecule has 2 unspecified atom stereocenters. The standard InChI is InChI=1S/C13H24N2O2/c1-6-7-10-12(17)15(8-13(3,4)5)9(2)11(16)14-10/h9-10H,6-8H2,1-5H3,(H,14,16). The fourth-order valence-electron chi connectivity index (χ4n) is 2.10. The average molecular weight is 240 g/mol. The quantitative estimate of drug-likeness (QED) is 0.813. The van der Waals surface area contributed by atoms with Gasteiger partial charge >= 0.3 is 0 Å². The lowest BCUT2D eigenvalue weighted by atomic mass is 9.93. The van der Waals surface area contributed by atoms with Crippen LogP contribution in [0.25, 0.3) is 0 Å². The number of hydrogen-bond acceptors (Lipinski definition) is 2. The number of carbonyl (C=O) groups is 2. The van der Waals surface area contributed by atoms with Gasteiger partial charge in [0.05, 0.1) is 0 Å². The molecule has 17 heavy (non-hydrogen) atoms. The van der Waals surface area contributed by atoms with E-state index in [1.165, 1.54) is 0 Å². The van der Waals surface area contributed by atoms with E-state index in [0.29, 0.717) is 6.54 Å². The molecule has 0 aromatic heterocycles. The van der Waals surface area contributed by atoms with E-state index in [1.807, 2.05) is 6.92 Å². The Morgan fingerprint density at radius 1 is 1.29 bits per heavy atom. The van der Waals surface area contributed by atoms with Crippen molar-refractivity contribution in [3.8, 4) is 0 Å². The van der Waals surface area contributed by atoms with Crippen LogP contribution in [0.4, 0.5) is 0 Å². The zero-order chi connectivity index (χ0) is 13.2. The van der Waals surface area contributed by atoms with Crippen molar-refractivity contribution >= 4 is 11.8 Å². The largest absolute Gasteiger partial charge is 0.343 e. The molecule has 0 bridgehead atoms. The van der Waals surface area contributed by atoms with Gasteiger partial charge in [0, 0.05) is 6.54 Å². The van der Waals surface area contributed by atoms with Crippen molar-refractivity contribution in [2.45, 2.75) is 59.5 Å². The molecule has 0 aromatic carbocycles. The predicted molar refractivity (Wildman–Crippen MR) is 67.5 cm³/mol. The van der Waals surface area contributed by atoms with E-state index >= 15 is 0 Å². The summed E-state index contributed by atoms with van der Waals surface area (Å²) >= 11 is 0. The number of hydrogen-bond donors (Lipinski definition) is 1. The molecular formula is C13H24N2O2. The first kappa shape index (κ1) is 14.0. The Bertz CT molecular complexity index is 307. The molecule has 0 radical (unpaired) electrons. The summed E-state index contributed by atoms with van der Waals surface area (Å²) in [4.78, 5) is 25.8.